The van der Waals surface area contributed by atoms with Gasteiger partial charge in [0.05, 0.1) is 12.5 Å². The molecule has 22 heavy (non-hydrogen) atoms. The molecule has 0 unspecified atom stereocenters. The van der Waals surface area contributed by atoms with Crippen LogP contribution >= 0.6 is 0 Å². The third-order valence-electron chi connectivity index (χ3n) is 3.98. The number of hydrogen-bond acceptors (Lipinski definition) is 3. The van der Waals surface area contributed by atoms with Crippen LogP contribution in [0.25, 0.3) is 0 Å². The van der Waals surface area contributed by atoms with Crippen molar-refractivity contribution in [2.45, 2.75) is 32.4 Å². The van der Waals surface area contributed by atoms with Crippen molar-refractivity contribution in [1.82, 2.24) is 10.2 Å². The monoisotopic (exact) mass is 308 g/mol. The van der Waals surface area contributed by atoms with Crippen molar-refractivity contribution in [2.24, 2.45) is 5.92 Å². The highest BCUT2D eigenvalue weighted by Gasteiger charge is 2.26. The van der Waals surface area contributed by atoms with Crippen LogP contribution in [0.5, 0.6) is 0 Å². The molecule has 1 saturated heterocycles. The smallest absolute Gasteiger partial charge is 0.224 e. The summed E-state index contributed by atoms with van der Waals surface area (Å²) in [4.78, 5) is 14.5. The lowest BCUT2D eigenvalue weighted by Crippen LogP contribution is -2.46. The molecule has 5 heteroatoms. The number of benzene rings is 1. The molecule has 1 aromatic rings. The summed E-state index contributed by atoms with van der Waals surface area (Å²) in [6, 6.07) is 6.69. The van der Waals surface area contributed by atoms with Gasteiger partial charge in [0.15, 0.2) is 0 Å². The van der Waals surface area contributed by atoms with Gasteiger partial charge in [-0.25, -0.2) is 4.39 Å². The van der Waals surface area contributed by atoms with E-state index < -0.39 is 0 Å². The first-order chi connectivity index (χ1) is 10.6. The lowest BCUT2D eigenvalue weighted by Gasteiger charge is -2.32. The fraction of sp³-hybridized carbons (Fsp3) is 0.588. The molecule has 1 aliphatic rings. The van der Waals surface area contributed by atoms with Gasteiger partial charge in [-0.05, 0) is 44.0 Å². The van der Waals surface area contributed by atoms with Gasteiger partial charge in [-0.2, -0.15) is 0 Å². The van der Waals surface area contributed by atoms with Crippen LogP contribution < -0.4 is 5.32 Å². The van der Waals surface area contributed by atoms with Gasteiger partial charge in [0.25, 0.3) is 0 Å². The SMILES string of the molecule is COC[C@@H](C)NC(=O)[C@H]1CCCN(Cc2cccc(F)c2)C1. The number of carbonyl (C=O) groups excluding carboxylic acids is 1. The minimum absolute atomic E-state index is 0.00150. The maximum absolute atomic E-state index is 13.2. The van der Waals surface area contributed by atoms with Crippen LogP contribution in [-0.2, 0) is 16.1 Å². The average molecular weight is 308 g/mol. The molecule has 0 radical (unpaired) electrons. The highest BCUT2D eigenvalue weighted by molar-refractivity contribution is 5.79. The Hall–Kier alpha value is -1.46. The number of carbonyl (C=O) groups is 1. The molecule has 2 atom stereocenters. The number of methoxy groups -OCH3 is 1. The summed E-state index contributed by atoms with van der Waals surface area (Å²) in [5.41, 5.74) is 0.953. The molecule has 2 rings (SSSR count). The Morgan fingerprint density at radius 3 is 3.09 bits per heavy atom. The molecule has 0 aromatic heterocycles. The Morgan fingerprint density at radius 2 is 2.36 bits per heavy atom. The average Bonchev–Trinajstić information content (AvgIpc) is 2.47. The van der Waals surface area contributed by atoms with E-state index >= 15 is 0 Å². The van der Waals surface area contributed by atoms with Crippen molar-refractivity contribution < 1.29 is 13.9 Å². The van der Waals surface area contributed by atoms with Gasteiger partial charge in [0.2, 0.25) is 5.91 Å². The number of piperidine rings is 1. The first-order valence-electron chi connectivity index (χ1n) is 7.84. The fourth-order valence-corrected chi connectivity index (χ4v) is 2.96. The second-order valence-electron chi connectivity index (χ2n) is 6.07. The van der Waals surface area contributed by atoms with E-state index in [9.17, 15) is 9.18 Å². The first kappa shape index (κ1) is 16.9. The van der Waals surface area contributed by atoms with Gasteiger partial charge in [-0.3, -0.25) is 9.69 Å². The number of nitrogens with zero attached hydrogens (tertiary/aromatic N) is 1. The van der Waals surface area contributed by atoms with Crippen LogP contribution in [0.15, 0.2) is 24.3 Å². The lowest BCUT2D eigenvalue weighted by atomic mass is 9.96. The molecule has 1 aliphatic heterocycles. The molecule has 122 valence electrons. The third kappa shape index (κ3) is 5.07. The number of nitrogens with one attached hydrogen (secondary N) is 1. The van der Waals surface area contributed by atoms with Crippen LogP contribution in [0.1, 0.15) is 25.3 Å². The molecule has 1 amide bonds. The minimum atomic E-state index is -0.211. The zero-order valence-electron chi connectivity index (χ0n) is 13.3. The first-order valence-corrected chi connectivity index (χ1v) is 7.84. The third-order valence-corrected chi connectivity index (χ3v) is 3.98. The van der Waals surface area contributed by atoms with Crippen LogP contribution in [0.4, 0.5) is 4.39 Å². The summed E-state index contributed by atoms with van der Waals surface area (Å²) in [6.45, 7) is 4.82. The van der Waals surface area contributed by atoms with Gasteiger partial charge in [-0.1, -0.05) is 12.1 Å². The van der Waals surface area contributed by atoms with Crippen molar-refractivity contribution in [3.8, 4) is 0 Å². The van der Waals surface area contributed by atoms with Gasteiger partial charge in [0.1, 0.15) is 5.82 Å². The van der Waals surface area contributed by atoms with E-state index in [1.54, 1.807) is 19.2 Å². The van der Waals surface area contributed by atoms with Crippen molar-refractivity contribution in [1.29, 1.82) is 0 Å². The maximum atomic E-state index is 13.2. The fourth-order valence-electron chi connectivity index (χ4n) is 2.96. The Labute approximate surface area is 131 Å². The number of halogens is 1. The molecule has 0 bridgehead atoms. The second kappa shape index (κ2) is 8.25. The molecule has 0 spiro atoms. The molecule has 0 saturated carbocycles. The van der Waals surface area contributed by atoms with Crippen molar-refractivity contribution in [3.63, 3.8) is 0 Å². The Balaban J connectivity index is 1.87. The van der Waals surface area contributed by atoms with Gasteiger partial charge < -0.3 is 10.1 Å². The number of amides is 1. The number of rotatable bonds is 6. The summed E-state index contributed by atoms with van der Waals surface area (Å²) in [7, 11) is 1.63. The molecular weight excluding hydrogens is 283 g/mol. The predicted octanol–water partition coefficient (Wildman–Crippen LogP) is 2.19. The molecule has 1 aromatic carbocycles. The van der Waals surface area contributed by atoms with Gasteiger partial charge in [-0.15, -0.1) is 0 Å². The van der Waals surface area contributed by atoms with E-state index in [0.29, 0.717) is 13.2 Å². The number of ether oxygens (including phenoxy) is 1. The van der Waals surface area contributed by atoms with Crippen molar-refractivity contribution >= 4 is 5.91 Å². The normalized spacial score (nSPS) is 20.6. The Kier molecular flexibility index (Phi) is 6.34. The predicted molar refractivity (Wildman–Crippen MR) is 83.9 cm³/mol. The van der Waals surface area contributed by atoms with Crippen LogP contribution in [0.3, 0.4) is 0 Å². The highest BCUT2D eigenvalue weighted by Crippen LogP contribution is 2.19. The van der Waals surface area contributed by atoms with Crippen molar-refractivity contribution in [3.05, 3.63) is 35.6 Å². The van der Waals surface area contributed by atoms with E-state index in [0.717, 1.165) is 31.5 Å². The van der Waals surface area contributed by atoms with E-state index in [1.807, 2.05) is 13.0 Å². The van der Waals surface area contributed by atoms with E-state index in [2.05, 4.69) is 10.2 Å². The Morgan fingerprint density at radius 1 is 1.55 bits per heavy atom. The number of hydrogen-bond donors (Lipinski definition) is 1. The zero-order valence-corrected chi connectivity index (χ0v) is 13.3. The summed E-state index contributed by atoms with van der Waals surface area (Å²) < 4.78 is 18.3. The molecule has 1 fully saturated rings. The standard InChI is InChI=1S/C17H25FN2O2/c1-13(12-22-2)19-17(21)15-6-4-8-20(11-15)10-14-5-3-7-16(18)9-14/h3,5,7,9,13,15H,4,6,8,10-12H2,1-2H3,(H,19,21)/t13-,15+/m1/s1. The van der Waals surface area contributed by atoms with Crippen LogP contribution in [-0.4, -0.2) is 43.7 Å². The minimum Gasteiger partial charge on any atom is -0.383 e. The maximum Gasteiger partial charge on any atom is 0.224 e. The Bertz CT molecular complexity index is 495. The largest absolute Gasteiger partial charge is 0.383 e. The van der Waals surface area contributed by atoms with Crippen molar-refractivity contribution in [2.75, 3.05) is 26.8 Å². The lowest BCUT2D eigenvalue weighted by molar-refractivity contribution is -0.127. The van der Waals surface area contributed by atoms with E-state index in [-0.39, 0.29) is 23.7 Å². The van der Waals surface area contributed by atoms with Crippen LogP contribution in [0, 0.1) is 11.7 Å². The van der Waals surface area contributed by atoms with E-state index in [1.165, 1.54) is 6.07 Å². The molecule has 1 N–H and O–H groups in total. The summed E-state index contributed by atoms with van der Waals surface area (Å²) in [5.74, 6) is -0.118. The number of likely N-dealkylation sites (tertiary alicyclic amines) is 1. The molecule has 0 aliphatic carbocycles. The molecular formula is C17H25FN2O2. The summed E-state index contributed by atoms with van der Waals surface area (Å²) >= 11 is 0. The van der Waals surface area contributed by atoms with Crippen LogP contribution in [0.2, 0.25) is 0 Å². The molecule has 4 nitrogen and oxygen atoms in total. The van der Waals surface area contributed by atoms with Gasteiger partial charge >= 0.3 is 0 Å². The quantitative estimate of drug-likeness (QED) is 0.876. The summed E-state index contributed by atoms with van der Waals surface area (Å²) in [5, 5.41) is 2.99. The highest BCUT2D eigenvalue weighted by atomic mass is 19.1. The molecule has 1 heterocycles. The zero-order chi connectivity index (χ0) is 15.9. The topological polar surface area (TPSA) is 41.6 Å². The summed E-state index contributed by atoms with van der Waals surface area (Å²) in [6.07, 6.45) is 1.90. The van der Waals surface area contributed by atoms with Gasteiger partial charge in [0, 0.05) is 26.2 Å². The second-order valence-corrected chi connectivity index (χ2v) is 6.07. The van der Waals surface area contributed by atoms with E-state index in [4.69, 9.17) is 4.74 Å².